The zero-order chi connectivity index (χ0) is 13.1. The molecule has 1 heterocycles. The Morgan fingerprint density at radius 2 is 2.17 bits per heavy atom. The summed E-state index contributed by atoms with van der Waals surface area (Å²) in [5.74, 6) is 0.289. The van der Waals surface area contributed by atoms with Crippen LogP contribution in [0.2, 0.25) is 0 Å². The maximum Gasteiger partial charge on any atom is 0.254 e. The van der Waals surface area contributed by atoms with E-state index in [0.717, 1.165) is 11.3 Å². The first-order valence-electron chi connectivity index (χ1n) is 5.93. The van der Waals surface area contributed by atoms with Crippen molar-refractivity contribution in [3.8, 4) is 0 Å². The number of halogens is 1. The first-order chi connectivity index (χ1) is 8.60. The van der Waals surface area contributed by atoms with Gasteiger partial charge in [0.2, 0.25) is 0 Å². The van der Waals surface area contributed by atoms with E-state index in [0.29, 0.717) is 24.2 Å². The predicted molar refractivity (Wildman–Crippen MR) is 68.2 cm³/mol. The number of benzene rings is 1. The van der Waals surface area contributed by atoms with Crippen molar-refractivity contribution in [2.24, 2.45) is 0 Å². The number of H-pyrrole nitrogens is 1. The lowest BCUT2D eigenvalue weighted by Crippen LogP contribution is -2.18. The highest BCUT2D eigenvalue weighted by Crippen LogP contribution is 2.08. The van der Waals surface area contributed by atoms with Gasteiger partial charge >= 0.3 is 0 Å². The summed E-state index contributed by atoms with van der Waals surface area (Å²) in [7, 11) is 0. The molecule has 18 heavy (non-hydrogen) atoms. The van der Waals surface area contributed by atoms with Gasteiger partial charge in [-0.3, -0.25) is 4.79 Å². The van der Waals surface area contributed by atoms with Crippen LogP contribution < -0.4 is 5.56 Å². The number of aromatic amines is 1. The molecule has 0 spiro atoms. The van der Waals surface area contributed by atoms with Gasteiger partial charge in [-0.2, -0.15) is 0 Å². The van der Waals surface area contributed by atoms with Gasteiger partial charge in [-0.1, -0.05) is 19.1 Å². The van der Waals surface area contributed by atoms with Crippen LogP contribution in [0.25, 0.3) is 0 Å². The van der Waals surface area contributed by atoms with Gasteiger partial charge in [-0.25, -0.2) is 9.37 Å². The van der Waals surface area contributed by atoms with Gasteiger partial charge in [0.1, 0.15) is 11.6 Å². The van der Waals surface area contributed by atoms with Crippen LogP contribution in [-0.2, 0) is 12.8 Å². The Hall–Kier alpha value is -1.97. The number of nitrogens with one attached hydrogen (secondary N) is 1. The van der Waals surface area contributed by atoms with Crippen molar-refractivity contribution in [3.63, 3.8) is 0 Å². The molecule has 0 bridgehead atoms. The molecule has 0 fully saturated rings. The zero-order valence-corrected chi connectivity index (χ0v) is 10.5. The van der Waals surface area contributed by atoms with E-state index in [1.54, 1.807) is 6.07 Å². The van der Waals surface area contributed by atoms with Crippen molar-refractivity contribution in [2.75, 3.05) is 0 Å². The summed E-state index contributed by atoms with van der Waals surface area (Å²) in [5, 5.41) is 0. The van der Waals surface area contributed by atoms with E-state index in [4.69, 9.17) is 0 Å². The molecule has 1 aromatic carbocycles. The van der Waals surface area contributed by atoms with Crippen LogP contribution in [0.15, 0.2) is 29.1 Å². The minimum absolute atomic E-state index is 0.101. The van der Waals surface area contributed by atoms with Crippen LogP contribution in [0.1, 0.15) is 29.6 Å². The highest BCUT2D eigenvalue weighted by atomic mass is 19.1. The molecular formula is C14H15FN2O. The first kappa shape index (κ1) is 12.5. The summed E-state index contributed by atoms with van der Waals surface area (Å²) in [4.78, 5) is 18.9. The highest BCUT2D eigenvalue weighted by molar-refractivity contribution is 5.22. The molecule has 0 saturated heterocycles. The van der Waals surface area contributed by atoms with Crippen molar-refractivity contribution in [1.82, 2.24) is 9.97 Å². The molecule has 0 atom stereocenters. The quantitative estimate of drug-likeness (QED) is 0.903. The minimum Gasteiger partial charge on any atom is -0.310 e. The van der Waals surface area contributed by atoms with E-state index in [1.807, 2.05) is 19.9 Å². The largest absolute Gasteiger partial charge is 0.310 e. The minimum atomic E-state index is -0.281. The molecule has 3 nitrogen and oxygen atoms in total. The Bertz CT molecular complexity index is 619. The lowest BCUT2D eigenvalue weighted by atomic mass is 10.1. The summed E-state index contributed by atoms with van der Waals surface area (Å²) >= 11 is 0. The van der Waals surface area contributed by atoms with Gasteiger partial charge in [0.25, 0.3) is 5.56 Å². The predicted octanol–water partition coefficient (Wildman–Crippen LogP) is 2.37. The Labute approximate surface area is 105 Å². The van der Waals surface area contributed by atoms with Gasteiger partial charge < -0.3 is 4.98 Å². The van der Waals surface area contributed by atoms with E-state index in [-0.39, 0.29) is 11.4 Å². The van der Waals surface area contributed by atoms with Gasteiger partial charge in [0.05, 0.1) is 0 Å². The number of hydrogen-bond acceptors (Lipinski definition) is 2. The smallest absolute Gasteiger partial charge is 0.254 e. The number of aryl methyl sites for hydroxylation is 1. The topological polar surface area (TPSA) is 45.8 Å². The second kappa shape index (κ2) is 5.12. The lowest BCUT2D eigenvalue weighted by molar-refractivity contribution is 0.625. The summed E-state index contributed by atoms with van der Waals surface area (Å²) in [5.41, 5.74) is 2.14. The summed E-state index contributed by atoms with van der Waals surface area (Å²) in [6.45, 7) is 3.74. The van der Waals surface area contributed by atoms with Gasteiger partial charge in [0.15, 0.2) is 0 Å². The maximum atomic E-state index is 13.1. The molecule has 94 valence electrons. The fourth-order valence-corrected chi connectivity index (χ4v) is 2.01. The average Bonchev–Trinajstić information content (AvgIpc) is 2.28. The van der Waals surface area contributed by atoms with E-state index in [2.05, 4.69) is 9.97 Å². The van der Waals surface area contributed by atoms with Crippen LogP contribution in [-0.4, -0.2) is 9.97 Å². The van der Waals surface area contributed by atoms with Crippen LogP contribution >= 0.6 is 0 Å². The molecule has 0 aliphatic rings. The second-order valence-corrected chi connectivity index (χ2v) is 4.24. The molecule has 0 aliphatic heterocycles. The van der Waals surface area contributed by atoms with Crippen LogP contribution in [0.4, 0.5) is 4.39 Å². The van der Waals surface area contributed by atoms with E-state index in [1.165, 1.54) is 12.1 Å². The van der Waals surface area contributed by atoms with Crippen molar-refractivity contribution in [2.45, 2.75) is 26.7 Å². The highest BCUT2D eigenvalue weighted by Gasteiger charge is 2.07. The van der Waals surface area contributed by atoms with Gasteiger partial charge in [-0.15, -0.1) is 0 Å². The molecular weight excluding hydrogens is 231 g/mol. The lowest BCUT2D eigenvalue weighted by Gasteiger charge is -2.05. The summed E-state index contributed by atoms with van der Waals surface area (Å²) < 4.78 is 13.1. The number of aromatic nitrogens is 2. The molecule has 0 saturated carbocycles. The fraction of sp³-hybridized carbons (Fsp3) is 0.286. The molecule has 1 N–H and O–H groups in total. The van der Waals surface area contributed by atoms with Crippen molar-refractivity contribution in [1.29, 1.82) is 0 Å². The average molecular weight is 246 g/mol. The summed E-state index contributed by atoms with van der Waals surface area (Å²) in [6, 6.07) is 6.30. The van der Waals surface area contributed by atoms with Gasteiger partial charge in [0, 0.05) is 17.7 Å². The first-order valence-corrected chi connectivity index (χ1v) is 5.93. The Morgan fingerprint density at radius 1 is 1.39 bits per heavy atom. The number of rotatable bonds is 3. The molecule has 2 aromatic rings. The third kappa shape index (κ3) is 2.64. The summed E-state index contributed by atoms with van der Waals surface area (Å²) in [6.07, 6.45) is 1.09. The van der Waals surface area contributed by atoms with Gasteiger partial charge in [-0.05, 0) is 31.0 Å². The van der Waals surface area contributed by atoms with E-state index >= 15 is 0 Å². The van der Waals surface area contributed by atoms with Crippen LogP contribution in [0, 0.1) is 12.7 Å². The second-order valence-electron chi connectivity index (χ2n) is 4.24. The molecule has 4 heteroatoms. The third-order valence-corrected chi connectivity index (χ3v) is 2.89. The molecule has 0 amide bonds. The molecule has 2 rings (SSSR count). The third-order valence-electron chi connectivity index (χ3n) is 2.89. The normalized spacial score (nSPS) is 10.6. The fourth-order valence-electron chi connectivity index (χ4n) is 2.01. The SMILES string of the molecule is CCc1c(C)nc(Cc2cccc(F)c2)[nH]c1=O. The van der Waals surface area contributed by atoms with Crippen molar-refractivity contribution in [3.05, 3.63) is 63.1 Å². The molecule has 0 radical (unpaired) electrons. The Balaban J connectivity index is 2.33. The maximum absolute atomic E-state index is 13.1. The van der Waals surface area contributed by atoms with Crippen molar-refractivity contribution >= 4 is 0 Å². The Morgan fingerprint density at radius 3 is 2.78 bits per heavy atom. The monoisotopic (exact) mass is 246 g/mol. The number of hydrogen-bond donors (Lipinski definition) is 1. The standard InChI is InChI=1S/C14H15FN2O/c1-3-12-9(2)16-13(17-14(12)18)8-10-5-4-6-11(15)7-10/h4-7H,3,8H2,1-2H3,(H,16,17,18). The Kier molecular flexibility index (Phi) is 3.55. The molecule has 0 aliphatic carbocycles. The van der Waals surface area contributed by atoms with Crippen molar-refractivity contribution < 1.29 is 4.39 Å². The van der Waals surface area contributed by atoms with Crippen LogP contribution in [0.5, 0.6) is 0 Å². The number of nitrogens with zero attached hydrogens (tertiary/aromatic N) is 1. The van der Waals surface area contributed by atoms with Crippen LogP contribution in [0.3, 0.4) is 0 Å². The zero-order valence-electron chi connectivity index (χ0n) is 10.5. The molecule has 1 aromatic heterocycles. The van der Waals surface area contributed by atoms with E-state index in [9.17, 15) is 9.18 Å². The van der Waals surface area contributed by atoms with E-state index < -0.39 is 0 Å². The molecule has 0 unspecified atom stereocenters.